The molecule has 9 nitrogen and oxygen atoms in total. The van der Waals surface area contributed by atoms with Gasteiger partial charge in [0.15, 0.2) is 12.3 Å². The normalized spacial score (nSPS) is 30.7. The molecule has 1 aliphatic heterocycles. The third-order valence-electron chi connectivity index (χ3n) is 3.07. The first-order chi connectivity index (χ1) is 8.99. The molecular weight excluding hydrogens is 258 g/mol. The van der Waals surface area contributed by atoms with Crippen molar-refractivity contribution in [2.24, 2.45) is 5.90 Å². The summed E-state index contributed by atoms with van der Waals surface area (Å²) in [5.41, 5.74) is -0.932. The maximum absolute atomic E-state index is 11.7. The van der Waals surface area contributed by atoms with E-state index >= 15 is 0 Å². The summed E-state index contributed by atoms with van der Waals surface area (Å²) in [6, 6.07) is 0. The summed E-state index contributed by atoms with van der Waals surface area (Å²) in [6.07, 6.45) is -2.87. The Kier molecular flexibility index (Phi) is 3.83. The minimum Gasteiger partial charge on any atom is -0.394 e. The number of H-pyrrole nitrogens is 1. The Morgan fingerprint density at radius 3 is 2.84 bits per heavy atom. The Labute approximate surface area is 107 Å². The average Bonchev–Trinajstić information content (AvgIpc) is 2.70. The number of aromatic nitrogens is 2. The molecule has 0 saturated carbocycles. The molecule has 1 aromatic rings. The molecule has 0 radical (unpaired) electrons. The van der Waals surface area contributed by atoms with E-state index in [9.17, 15) is 14.7 Å². The molecule has 0 aliphatic carbocycles. The van der Waals surface area contributed by atoms with Crippen LogP contribution in [0, 0.1) is 6.92 Å². The van der Waals surface area contributed by atoms with E-state index in [0.717, 1.165) is 4.57 Å². The molecule has 19 heavy (non-hydrogen) atoms. The highest BCUT2D eigenvalue weighted by Gasteiger charge is 2.45. The van der Waals surface area contributed by atoms with Crippen LogP contribution in [0.1, 0.15) is 11.8 Å². The lowest BCUT2D eigenvalue weighted by atomic mass is 10.1. The SMILES string of the molecule is Cc1cn([C@@H]2O[C@H](CO)[C@@H](O)[C@H]2ON)c(=O)[nH]c1=O. The monoisotopic (exact) mass is 273 g/mol. The molecule has 9 heteroatoms. The van der Waals surface area contributed by atoms with Crippen LogP contribution in [0.2, 0.25) is 0 Å². The van der Waals surface area contributed by atoms with Crippen LogP contribution in [0.4, 0.5) is 0 Å². The summed E-state index contributed by atoms with van der Waals surface area (Å²) in [5, 5.41) is 18.9. The van der Waals surface area contributed by atoms with Crippen molar-refractivity contribution in [1.82, 2.24) is 9.55 Å². The van der Waals surface area contributed by atoms with Crippen molar-refractivity contribution >= 4 is 0 Å². The Morgan fingerprint density at radius 1 is 1.58 bits per heavy atom. The van der Waals surface area contributed by atoms with Crippen molar-refractivity contribution in [3.05, 3.63) is 32.6 Å². The second-order valence-corrected chi connectivity index (χ2v) is 4.32. The summed E-state index contributed by atoms with van der Waals surface area (Å²) >= 11 is 0. The summed E-state index contributed by atoms with van der Waals surface area (Å²) in [5.74, 6) is 5.08. The van der Waals surface area contributed by atoms with Crippen LogP contribution in [-0.2, 0) is 9.57 Å². The van der Waals surface area contributed by atoms with Crippen molar-refractivity contribution in [2.45, 2.75) is 31.5 Å². The maximum atomic E-state index is 11.7. The van der Waals surface area contributed by atoms with Gasteiger partial charge >= 0.3 is 5.69 Å². The van der Waals surface area contributed by atoms with E-state index in [-0.39, 0.29) is 0 Å². The van der Waals surface area contributed by atoms with Crippen molar-refractivity contribution in [3.63, 3.8) is 0 Å². The van der Waals surface area contributed by atoms with Gasteiger partial charge in [-0.25, -0.2) is 10.7 Å². The van der Waals surface area contributed by atoms with Gasteiger partial charge in [0.1, 0.15) is 12.2 Å². The molecule has 0 bridgehead atoms. The van der Waals surface area contributed by atoms with Crippen molar-refractivity contribution in [1.29, 1.82) is 0 Å². The molecule has 1 fully saturated rings. The van der Waals surface area contributed by atoms with Crippen molar-refractivity contribution in [3.8, 4) is 0 Å². The fourth-order valence-corrected chi connectivity index (χ4v) is 2.02. The van der Waals surface area contributed by atoms with Gasteiger partial charge in [-0.05, 0) is 6.92 Å². The fourth-order valence-electron chi connectivity index (χ4n) is 2.02. The van der Waals surface area contributed by atoms with Gasteiger partial charge in [-0.15, -0.1) is 0 Å². The van der Waals surface area contributed by atoms with Gasteiger partial charge in [0.2, 0.25) is 0 Å². The molecule has 1 saturated heterocycles. The Morgan fingerprint density at radius 2 is 2.26 bits per heavy atom. The predicted octanol–water partition coefficient (Wildman–Crippen LogP) is -2.65. The molecule has 0 unspecified atom stereocenters. The molecule has 106 valence electrons. The van der Waals surface area contributed by atoms with Gasteiger partial charge in [-0.2, -0.15) is 0 Å². The van der Waals surface area contributed by atoms with Crippen molar-refractivity contribution in [2.75, 3.05) is 6.61 Å². The van der Waals surface area contributed by atoms with Gasteiger partial charge in [0, 0.05) is 11.8 Å². The van der Waals surface area contributed by atoms with Gasteiger partial charge in [-0.3, -0.25) is 19.2 Å². The maximum Gasteiger partial charge on any atom is 0.330 e. The number of aliphatic hydroxyl groups is 2. The van der Waals surface area contributed by atoms with E-state index in [1.165, 1.54) is 13.1 Å². The second-order valence-electron chi connectivity index (χ2n) is 4.32. The number of ether oxygens (including phenoxy) is 1. The Balaban J connectivity index is 2.44. The van der Waals surface area contributed by atoms with E-state index in [0.29, 0.717) is 5.56 Å². The summed E-state index contributed by atoms with van der Waals surface area (Å²) in [4.78, 5) is 29.7. The third-order valence-corrected chi connectivity index (χ3v) is 3.07. The first-order valence-electron chi connectivity index (χ1n) is 5.61. The summed E-state index contributed by atoms with van der Waals surface area (Å²) in [7, 11) is 0. The van der Waals surface area contributed by atoms with Crippen LogP contribution in [0.5, 0.6) is 0 Å². The molecule has 0 amide bonds. The number of aliphatic hydroxyl groups excluding tert-OH is 2. The van der Waals surface area contributed by atoms with E-state index < -0.39 is 42.4 Å². The van der Waals surface area contributed by atoms with Crippen LogP contribution >= 0.6 is 0 Å². The highest BCUT2D eigenvalue weighted by Crippen LogP contribution is 2.29. The number of hydrogen-bond acceptors (Lipinski definition) is 7. The van der Waals surface area contributed by atoms with E-state index in [4.69, 9.17) is 15.7 Å². The standard InChI is InChI=1S/C10H15N3O6/c1-4-2-13(10(17)12-8(4)16)9-7(19-11)6(15)5(3-14)18-9/h2,5-7,9,14-15H,3,11H2,1H3,(H,12,16,17)/t5-,6-,7-,9-/m1/s1. The minimum absolute atomic E-state index is 0.293. The molecule has 4 atom stereocenters. The zero-order valence-corrected chi connectivity index (χ0v) is 10.1. The predicted molar refractivity (Wildman–Crippen MR) is 62.1 cm³/mol. The lowest BCUT2D eigenvalue weighted by Crippen LogP contribution is -2.41. The van der Waals surface area contributed by atoms with E-state index in [2.05, 4.69) is 9.82 Å². The molecule has 2 heterocycles. The molecule has 1 aliphatic rings. The number of nitrogens with two attached hydrogens (primary N) is 1. The number of aryl methyl sites for hydroxylation is 1. The first-order valence-corrected chi connectivity index (χ1v) is 5.61. The van der Waals surface area contributed by atoms with Crippen molar-refractivity contribution < 1.29 is 19.8 Å². The quantitative estimate of drug-likeness (QED) is 0.441. The lowest BCUT2D eigenvalue weighted by molar-refractivity contribution is -0.0757. The van der Waals surface area contributed by atoms with Crippen LogP contribution < -0.4 is 17.1 Å². The third kappa shape index (κ3) is 2.33. The first kappa shape index (κ1) is 13.9. The lowest BCUT2D eigenvalue weighted by Gasteiger charge is -2.19. The van der Waals surface area contributed by atoms with Crippen LogP contribution in [0.25, 0.3) is 0 Å². The number of nitrogens with one attached hydrogen (secondary N) is 1. The van der Waals surface area contributed by atoms with Gasteiger partial charge in [0.05, 0.1) is 6.61 Å². The molecular formula is C10H15N3O6. The smallest absolute Gasteiger partial charge is 0.330 e. The topological polar surface area (TPSA) is 140 Å². The van der Waals surface area contributed by atoms with Crippen LogP contribution in [-0.4, -0.2) is 44.7 Å². The zero-order chi connectivity index (χ0) is 14.2. The second kappa shape index (κ2) is 5.23. The molecule has 1 aromatic heterocycles. The van der Waals surface area contributed by atoms with Crippen LogP contribution in [0.3, 0.4) is 0 Å². The highest BCUT2D eigenvalue weighted by atomic mass is 16.7. The molecule has 0 aromatic carbocycles. The van der Waals surface area contributed by atoms with Gasteiger partial charge in [-0.1, -0.05) is 0 Å². The minimum atomic E-state index is -1.18. The van der Waals surface area contributed by atoms with E-state index in [1.807, 2.05) is 0 Å². The summed E-state index contributed by atoms with van der Waals surface area (Å²) < 4.78 is 6.39. The molecule has 2 rings (SSSR count). The Bertz CT molecular complexity index is 567. The van der Waals surface area contributed by atoms with E-state index in [1.54, 1.807) is 0 Å². The molecule has 5 N–H and O–H groups in total. The Hall–Kier alpha value is -1.52. The largest absolute Gasteiger partial charge is 0.394 e. The number of nitrogens with zero attached hydrogens (tertiary/aromatic N) is 1. The molecule has 0 spiro atoms. The number of aromatic amines is 1. The number of hydrogen-bond donors (Lipinski definition) is 4. The van der Waals surface area contributed by atoms with Crippen LogP contribution in [0.15, 0.2) is 15.8 Å². The fraction of sp³-hybridized carbons (Fsp3) is 0.600. The van der Waals surface area contributed by atoms with Gasteiger partial charge < -0.3 is 14.9 Å². The summed E-state index contributed by atoms with van der Waals surface area (Å²) in [6.45, 7) is 1.07. The number of rotatable bonds is 3. The zero-order valence-electron chi connectivity index (χ0n) is 10.1. The van der Waals surface area contributed by atoms with Gasteiger partial charge in [0.25, 0.3) is 5.56 Å². The average molecular weight is 273 g/mol. The highest BCUT2D eigenvalue weighted by molar-refractivity contribution is 5.03.